The highest BCUT2D eigenvalue weighted by Crippen LogP contribution is 2.13. The molecule has 0 fully saturated rings. The Bertz CT molecular complexity index is 807. The summed E-state index contributed by atoms with van der Waals surface area (Å²) in [7, 11) is 0. The maximum Gasteiger partial charge on any atom is 0.326 e. The van der Waals surface area contributed by atoms with Gasteiger partial charge in [0, 0.05) is 19.1 Å². The van der Waals surface area contributed by atoms with Crippen LogP contribution in [-0.4, -0.2) is 72.6 Å². The number of carboxylic acids is 1. The molecule has 0 aromatic carbocycles. The lowest BCUT2D eigenvalue weighted by Gasteiger charge is -2.22. The molecule has 0 aromatic rings. The van der Waals surface area contributed by atoms with Gasteiger partial charge in [-0.1, -0.05) is 84.0 Å². The van der Waals surface area contributed by atoms with Crippen LogP contribution in [0.15, 0.2) is 9.98 Å². The van der Waals surface area contributed by atoms with Gasteiger partial charge in [0.1, 0.15) is 18.4 Å². The Hall–Kier alpha value is -2.82. The largest absolute Gasteiger partial charge is 0.480 e. The molecule has 11 nitrogen and oxygen atoms in total. The van der Waals surface area contributed by atoms with E-state index >= 15 is 0 Å². The zero-order valence-electron chi connectivity index (χ0n) is 25.1. The van der Waals surface area contributed by atoms with E-state index in [0.29, 0.717) is 25.8 Å². The standard InChI is InChI=1S/C30H54N6O5/c1-2-3-4-5-6-7-8-9-10-11-12-13-14-18-27(37)33-22-28(38)35-26(20-24-21-32-23-34-24)29(39)36-25(30(40)41)17-15-16-19-31/h21,23-26H,2-20,22,31H2,1H3,(H,33,37)(H,35,38)(H,36,39)(H,40,41)/t24-,25+,26+/m0/s1. The Kier molecular flexibility index (Phi) is 21.1. The highest BCUT2D eigenvalue weighted by molar-refractivity contribution is 5.92. The first kappa shape index (κ1) is 36.2. The van der Waals surface area contributed by atoms with E-state index in [0.717, 1.165) is 19.3 Å². The molecular weight excluding hydrogens is 524 g/mol. The van der Waals surface area contributed by atoms with E-state index in [9.17, 15) is 24.3 Å². The summed E-state index contributed by atoms with van der Waals surface area (Å²) < 4.78 is 0. The SMILES string of the molecule is CCCCCCCCCCCCCCCC(=O)NCC(=O)N[C@H](C[C@H]1C=NC=N1)C(=O)N[C@H](CCCCN)C(=O)O. The monoisotopic (exact) mass is 578 g/mol. The lowest BCUT2D eigenvalue weighted by atomic mass is 10.0. The summed E-state index contributed by atoms with van der Waals surface area (Å²) in [5.41, 5.74) is 5.48. The van der Waals surface area contributed by atoms with E-state index in [4.69, 9.17) is 5.73 Å². The van der Waals surface area contributed by atoms with Gasteiger partial charge in [-0.25, -0.2) is 9.79 Å². The topological polar surface area (TPSA) is 175 Å². The van der Waals surface area contributed by atoms with Crippen LogP contribution < -0.4 is 21.7 Å². The number of hydrogen-bond acceptors (Lipinski definition) is 7. The summed E-state index contributed by atoms with van der Waals surface area (Å²) in [6, 6.07) is -2.52. The number of nitrogens with two attached hydrogens (primary N) is 1. The quantitative estimate of drug-likeness (QED) is 0.0979. The summed E-state index contributed by atoms with van der Waals surface area (Å²) >= 11 is 0. The summed E-state index contributed by atoms with van der Waals surface area (Å²) in [4.78, 5) is 57.3. The van der Waals surface area contributed by atoms with E-state index in [-0.39, 0.29) is 25.3 Å². The second-order valence-electron chi connectivity index (χ2n) is 10.9. The molecule has 234 valence electrons. The molecule has 0 spiro atoms. The molecular formula is C30H54N6O5. The second-order valence-corrected chi connectivity index (χ2v) is 10.9. The molecule has 41 heavy (non-hydrogen) atoms. The maximum absolute atomic E-state index is 12.9. The van der Waals surface area contributed by atoms with Gasteiger partial charge in [-0.3, -0.25) is 19.4 Å². The maximum atomic E-state index is 12.9. The van der Waals surface area contributed by atoms with Crippen molar-refractivity contribution < 1.29 is 24.3 Å². The van der Waals surface area contributed by atoms with E-state index in [1.807, 2.05) is 0 Å². The van der Waals surface area contributed by atoms with Crippen molar-refractivity contribution in [2.24, 2.45) is 15.7 Å². The fraction of sp³-hybridized carbons (Fsp3) is 0.800. The predicted molar refractivity (Wildman–Crippen MR) is 163 cm³/mol. The molecule has 3 atom stereocenters. The number of unbranched alkanes of at least 4 members (excludes halogenated alkanes) is 13. The molecule has 0 saturated carbocycles. The average molecular weight is 579 g/mol. The average Bonchev–Trinajstić information content (AvgIpc) is 3.46. The van der Waals surface area contributed by atoms with Gasteiger partial charge in [-0.05, 0) is 32.2 Å². The Balaban J connectivity index is 2.29. The fourth-order valence-corrected chi connectivity index (χ4v) is 4.73. The minimum atomic E-state index is -1.15. The number of amides is 3. The van der Waals surface area contributed by atoms with Crippen molar-refractivity contribution in [2.45, 2.75) is 141 Å². The molecule has 1 aliphatic rings. The number of carbonyl (C=O) groups is 4. The number of aliphatic imine (C=N–C) groups is 2. The lowest BCUT2D eigenvalue weighted by molar-refractivity contribution is -0.142. The zero-order valence-corrected chi connectivity index (χ0v) is 25.1. The van der Waals surface area contributed by atoms with Crippen LogP contribution in [0.25, 0.3) is 0 Å². The van der Waals surface area contributed by atoms with Gasteiger partial charge in [0.2, 0.25) is 17.7 Å². The van der Waals surface area contributed by atoms with Crippen molar-refractivity contribution in [2.75, 3.05) is 13.1 Å². The Morgan fingerprint density at radius 3 is 1.95 bits per heavy atom. The molecule has 0 aromatic heterocycles. The van der Waals surface area contributed by atoms with Gasteiger partial charge in [0.15, 0.2) is 0 Å². The van der Waals surface area contributed by atoms with E-state index in [1.54, 1.807) is 6.21 Å². The van der Waals surface area contributed by atoms with E-state index in [1.165, 1.54) is 70.5 Å². The summed E-state index contributed by atoms with van der Waals surface area (Å²) in [5, 5.41) is 17.2. The molecule has 0 radical (unpaired) electrons. The van der Waals surface area contributed by atoms with Gasteiger partial charge in [-0.15, -0.1) is 0 Å². The van der Waals surface area contributed by atoms with Gasteiger partial charge in [-0.2, -0.15) is 0 Å². The molecule has 3 amide bonds. The summed E-state index contributed by atoms with van der Waals surface area (Å²) in [5.74, 6) is -2.51. The molecule has 1 heterocycles. The van der Waals surface area contributed by atoms with Crippen LogP contribution in [0.4, 0.5) is 0 Å². The van der Waals surface area contributed by atoms with Crippen molar-refractivity contribution in [3.05, 3.63) is 0 Å². The Morgan fingerprint density at radius 2 is 1.41 bits per heavy atom. The van der Waals surface area contributed by atoms with Crippen LogP contribution in [0.3, 0.4) is 0 Å². The highest BCUT2D eigenvalue weighted by atomic mass is 16.4. The lowest BCUT2D eigenvalue weighted by Crippen LogP contribution is -2.54. The normalized spacial score (nSPS) is 15.4. The summed E-state index contributed by atoms with van der Waals surface area (Å²) in [6.45, 7) is 2.41. The number of carboxylic acid groups (broad SMARTS) is 1. The smallest absolute Gasteiger partial charge is 0.326 e. The number of carbonyl (C=O) groups excluding carboxylic acids is 3. The molecule has 11 heteroatoms. The highest BCUT2D eigenvalue weighted by Gasteiger charge is 2.28. The van der Waals surface area contributed by atoms with Gasteiger partial charge in [0.25, 0.3) is 0 Å². The van der Waals surface area contributed by atoms with Crippen LogP contribution in [0.2, 0.25) is 0 Å². The van der Waals surface area contributed by atoms with Gasteiger partial charge >= 0.3 is 5.97 Å². The van der Waals surface area contributed by atoms with E-state index < -0.39 is 35.9 Å². The minimum Gasteiger partial charge on any atom is -0.480 e. The van der Waals surface area contributed by atoms with Crippen molar-refractivity contribution in [3.63, 3.8) is 0 Å². The van der Waals surface area contributed by atoms with Gasteiger partial charge < -0.3 is 26.8 Å². The summed E-state index contributed by atoms with van der Waals surface area (Å²) in [6.07, 6.45) is 20.8. The van der Waals surface area contributed by atoms with Crippen LogP contribution in [0, 0.1) is 0 Å². The molecule has 1 aliphatic heterocycles. The van der Waals surface area contributed by atoms with Crippen LogP contribution in [0.1, 0.15) is 122 Å². The van der Waals surface area contributed by atoms with Crippen molar-refractivity contribution in [1.29, 1.82) is 0 Å². The van der Waals surface area contributed by atoms with Crippen molar-refractivity contribution >= 4 is 36.2 Å². The van der Waals surface area contributed by atoms with Crippen molar-refractivity contribution in [1.82, 2.24) is 16.0 Å². The first-order valence-corrected chi connectivity index (χ1v) is 15.7. The van der Waals surface area contributed by atoms with Gasteiger partial charge in [0.05, 0.1) is 12.6 Å². The molecule has 6 N–H and O–H groups in total. The number of rotatable bonds is 26. The third-order valence-electron chi connectivity index (χ3n) is 7.23. The first-order valence-electron chi connectivity index (χ1n) is 15.7. The molecule has 0 saturated heterocycles. The third-order valence-corrected chi connectivity index (χ3v) is 7.23. The molecule has 0 aliphatic carbocycles. The second kappa shape index (κ2) is 23.8. The number of nitrogens with zero attached hydrogens (tertiary/aromatic N) is 2. The number of nitrogens with one attached hydrogen (secondary N) is 3. The predicted octanol–water partition coefficient (Wildman–Crippen LogP) is 3.64. The number of aliphatic carboxylic acids is 1. The third kappa shape index (κ3) is 19.0. The Morgan fingerprint density at radius 1 is 0.805 bits per heavy atom. The van der Waals surface area contributed by atoms with Crippen LogP contribution >= 0.6 is 0 Å². The van der Waals surface area contributed by atoms with Crippen molar-refractivity contribution in [3.8, 4) is 0 Å². The number of hydrogen-bond donors (Lipinski definition) is 5. The molecule has 1 rings (SSSR count). The minimum absolute atomic E-state index is 0.125. The Labute approximate surface area is 246 Å². The van der Waals surface area contributed by atoms with Crippen LogP contribution in [-0.2, 0) is 19.2 Å². The molecule has 0 unspecified atom stereocenters. The van der Waals surface area contributed by atoms with Crippen LogP contribution in [0.5, 0.6) is 0 Å². The molecule has 0 bridgehead atoms. The van der Waals surface area contributed by atoms with E-state index in [2.05, 4.69) is 32.9 Å². The zero-order chi connectivity index (χ0) is 30.1. The fourth-order valence-electron chi connectivity index (χ4n) is 4.73. The first-order chi connectivity index (χ1) is 19.9.